The molecule has 2 aromatic rings. The van der Waals surface area contributed by atoms with Crippen molar-refractivity contribution in [1.82, 2.24) is 0 Å². The average molecular weight is 354 g/mol. The summed E-state index contributed by atoms with van der Waals surface area (Å²) in [6.07, 6.45) is 0. The number of rotatable bonds is 7. The Hall–Kier alpha value is -2.10. The first-order valence-electron chi connectivity index (χ1n) is 6.50. The van der Waals surface area contributed by atoms with Crippen LogP contribution >= 0.6 is 11.8 Å². The van der Waals surface area contributed by atoms with Crippen LogP contribution in [0.5, 0.6) is 5.75 Å². The van der Waals surface area contributed by atoms with Gasteiger partial charge in [0, 0.05) is 16.7 Å². The predicted molar refractivity (Wildman–Crippen MR) is 87.1 cm³/mol. The van der Waals surface area contributed by atoms with E-state index in [1.165, 1.54) is 12.1 Å². The lowest BCUT2D eigenvalue weighted by molar-refractivity contribution is -0.386. The normalized spacial score (nSPS) is 11.2. The number of hydrogen-bond acceptors (Lipinski definition) is 6. The van der Waals surface area contributed by atoms with E-state index in [0.717, 1.165) is 11.0 Å². The molecule has 0 aromatic heterocycles. The van der Waals surface area contributed by atoms with Gasteiger partial charge in [0.25, 0.3) is 0 Å². The van der Waals surface area contributed by atoms with Crippen LogP contribution in [0.1, 0.15) is 0 Å². The Kier molecular flexibility index (Phi) is 5.59. The van der Waals surface area contributed by atoms with Crippen LogP contribution < -0.4 is 9.88 Å². The van der Waals surface area contributed by atoms with Gasteiger partial charge in [0.05, 0.1) is 16.4 Å². The van der Waals surface area contributed by atoms with Crippen molar-refractivity contribution in [2.24, 2.45) is 5.14 Å². The van der Waals surface area contributed by atoms with E-state index in [1.54, 1.807) is 11.8 Å². The van der Waals surface area contributed by atoms with E-state index in [9.17, 15) is 18.5 Å². The van der Waals surface area contributed by atoms with Crippen molar-refractivity contribution in [3.63, 3.8) is 0 Å². The van der Waals surface area contributed by atoms with E-state index < -0.39 is 20.6 Å². The Morgan fingerprint density at radius 1 is 1.17 bits per heavy atom. The number of nitro groups is 1. The SMILES string of the molecule is NS(=O)(=O)c1ccc(OCCSc2ccccc2)c([N+](=O)[O-])c1. The van der Waals surface area contributed by atoms with Gasteiger partial charge >= 0.3 is 5.69 Å². The molecule has 0 saturated heterocycles. The lowest BCUT2D eigenvalue weighted by Gasteiger charge is -2.08. The topological polar surface area (TPSA) is 113 Å². The van der Waals surface area contributed by atoms with Crippen LogP contribution in [-0.4, -0.2) is 25.7 Å². The maximum Gasteiger partial charge on any atom is 0.312 e. The Balaban J connectivity index is 2.03. The van der Waals surface area contributed by atoms with Crippen molar-refractivity contribution < 1.29 is 18.1 Å². The quantitative estimate of drug-likeness (QED) is 0.354. The maximum atomic E-state index is 11.2. The van der Waals surface area contributed by atoms with Crippen molar-refractivity contribution in [2.75, 3.05) is 12.4 Å². The fourth-order valence-electron chi connectivity index (χ4n) is 1.77. The van der Waals surface area contributed by atoms with Gasteiger partial charge < -0.3 is 4.74 Å². The van der Waals surface area contributed by atoms with Crippen molar-refractivity contribution in [2.45, 2.75) is 9.79 Å². The molecule has 0 amide bonds. The number of hydrogen-bond donors (Lipinski definition) is 1. The summed E-state index contributed by atoms with van der Waals surface area (Å²) < 4.78 is 27.9. The molecule has 0 heterocycles. The minimum absolute atomic E-state index is 0.0102. The molecule has 0 fully saturated rings. The molecular weight excluding hydrogens is 340 g/mol. The highest BCUT2D eigenvalue weighted by atomic mass is 32.2. The molecule has 0 aliphatic rings. The minimum Gasteiger partial charge on any atom is -0.486 e. The van der Waals surface area contributed by atoms with Crippen LogP contribution in [-0.2, 0) is 10.0 Å². The number of primary sulfonamides is 1. The highest BCUT2D eigenvalue weighted by molar-refractivity contribution is 7.99. The third-order valence-corrected chi connectivity index (χ3v) is 4.70. The highest BCUT2D eigenvalue weighted by Gasteiger charge is 2.20. The van der Waals surface area contributed by atoms with E-state index in [4.69, 9.17) is 9.88 Å². The third-order valence-electron chi connectivity index (χ3n) is 2.81. The average Bonchev–Trinajstić information content (AvgIpc) is 2.51. The highest BCUT2D eigenvalue weighted by Crippen LogP contribution is 2.29. The fraction of sp³-hybridized carbons (Fsp3) is 0.143. The van der Waals surface area contributed by atoms with Crippen LogP contribution in [0.25, 0.3) is 0 Å². The molecule has 0 aliphatic heterocycles. The Bertz CT molecular complexity index is 794. The number of nitro benzene ring substituents is 1. The summed E-state index contributed by atoms with van der Waals surface area (Å²) in [5, 5.41) is 16.0. The molecule has 0 unspecified atom stereocenters. The Labute approximate surface area is 137 Å². The van der Waals surface area contributed by atoms with Gasteiger partial charge in [-0.25, -0.2) is 13.6 Å². The second kappa shape index (κ2) is 7.44. The standard InChI is InChI=1S/C14H14N2O5S2/c15-23(19,20)12-6-7-14(13(10-12)16(17)18)21-8-9-22-11-4-2-1-3-5-11/h1-7,10H,8-9H2,(H2,15,19,20). The number of nitrogens with two attached hydrogens (primary N) is 1. The molecule has 2 rings (SSSR count). The summed E-state index contributed by atoms with van der Waals surface area (Å²) in [4.78, 5) is 11.1. The van der Waals surface area contributed by atoms with Gasteiger partial charge in [-0.15, -0.1) is 11.8 Å². The molecular formula is C14H14N2O5S2. The number of nitrogens with zero attached hydrogens (tertiary/aromatic N) is 1. The first-order valence-corrected chi connectivity index (χ1v) is 9.03. The lowest BCUT2D eigenvalue weighted by atomic mass is 10.3. The van der Waals surface area contributed by atoms with Gasteiger partial charge in [-0.3, -0.25) is 10.1 Å². The summed E-state index contributed by atoms with van der Waals surface area (Å²) in [6.45, 7) is 0.245. The van der Waals surface area contributed by atoms with Gasteiger partial charge in [-0.1, -0.05) is 18.2 Å². The first kappa shape index (κ1) is 17.3. The van der Waals surface area contributed by atoms with E-state index in [-0.39, 0.29) is 17.3 Å². The molecule has 7 nitrogen and oxygen atoms in total. The number of benzene rings is 2. The first-order chi connectivity index (χ1) is 10.9. The van der Waals surface area contributed by atoms with Crippen molar-refractivity contribution in [3.8, 4) is 5.75 Å². The molecule has 0 aliphatic carbocycles. The zero-order valence-corrected chi connectivity index (χ0v) is 13.5. The second-order valence-electron chi connectivity index (χ2n) is 4.44. The molecule has 122 valence electrons. The largest absolute Gasteiger partial charge is 0.486 e. The maximum absolute atomic E-state index is 11.2. The molecule has 2 aromatic carbocycles. The monoisotopic (exact) mass is 354 g/mol. The fourth-order valence-corrected chi connectivity index (χ4v) is 3.05. The predicted octanol–water partition coefficient (Wildman–Crippen LogP) is 2.41. The van der Waals surface area contributed by atoms with E-state index >= 15 is 0 Å². The molecule has 0 saturated carbocycles. The van der Waals surface area contributed by atoms with E-state index in [0.29, 0.717) is 5.75 Å². The van der Waals surface area contributed by atoms with Crippen molar-refractivity contribution in [1.29, 1.82) is 0 Å². The van der Waals surface area contributed by atoms with Crippen LogP contribution in [0.2, 0.25) is 0 Å². The van der Waals surface area contributed by atoms with Gasteiger partial charge in [0.1, 0.15) is 0 Å². The Morgan fingerprint density at radius 3 is 2.48 bits per heavy atom. The summed E-state index contributed by atoms with van der Waals surface area (Å²) in [6, 6.07) is 13.0. The van der Waals surface area contributed by atoms with Gasteiger partial charge in [0.15, 0.2) is 5.75 Å². The number of thioether (sulfide) groups is 1. The van der Waals surface area contributed by atoms with E-state index in [2.05, 4.69) is 0 Å². The molecule has 9 heteroatoms. The van der Waals surface area contributed by atoms with Gasteiger partial charge in [0.2, 0.25) is 10.0 Å². The second-order valence-corrected chi connectivity index (χ2v) is 7.17. The van der Waals surface area contributed by atoms with Crippen LogP contribution in [0, 0.1) is 10.1 Å². The summed E-state index contributed by atoms with van der Waals surface area (Å²) in [5.41, 5.74) is -0.429. The van der Waals surface area contributed by atoms with Crippen LogP contribution in [0.15, 0.2) is 58.3 Å². The minimum atomic E-state index is -4.00. The van der Waals surface area contributed by atoms with Crippen LogP contribution in [0.4, 0.5) is 5.69 Å². The number of ether oxygens (including phenoxy) is 1. The lowest BCUT2D eigenvalue weighted by Crippen LogP contribution is -2.12. The van der Waals surface area contributed by atoms with Crippen molar-refractivity contribution >= 4 is 27.5 Å². The molecule has 0 spiro atoms. The molecule has 0 radical (unpaired) electrons. The zero-order valence-electron chi connectivity index (χ0n) is 11.9. The number of sulfonamides is 1. The summed E-state index contributed by atoms with van der Waals surface area (Å²) in [5.74, 6) is 0.606. The molecule has 0 atom stereocenters. The Morgan fingerprint density at radius 2 is 1.87 bits per heavy atom. The summed E-state index contributed by atoms with van der Waals surface area (Å²) >= 11 is 1.55. The van der Waals surface area contributed by atoms with Crippen LogP contribution in [0.3, 0.4) is 0 Å². The smallest absolute Gasteiger partial charge is 0.312 e. The third kappa shape index (κ3) is 4.95. The van der Waals surface area contributed by atoms with Crippen molar-refractivity contribution in [3.05, 3.63) is 58.6 Å². The van der Waals surface area contributed by atoms with Gasteiger partial charge in [-0.05, 0) is 24.3 Å². The van der Waals surface area contributed by atoms with E-state index in [1.807, 2.05) is 30.3 Å². The molecule has 0 bridgehead atoms. The summed E-state index contributed by atoms with van der Waals surface area (Å²) in [7, 11) is -4.00. The zero-order chi connectivity index (χ0) is 16.9. The molecule has 23 heavy (non-hydrogen) atoms. The molecule has 2 N–H and O–H groups in total. The van der Waals surface area contributed by atoms with Gasteiger partial charge in [-0.2, -0.15) is 0 Å².